The van der Waals surface area contributed by atoms with Gasteiger partial charge in [-0.15, -0.1) is 0 Å². The molecule has 0 aliphatic carbocycles. The first-order valence-electron chi connectivity index (χ1n) is 7.56. The second kappa shape index (κ2) is 7.60. The Balaban J connectivity index is 1.80. The van der Waals surface area contributed by atoms with E-state index in [4.69, 9.17) is 10.5 Å². The van der Waals surface area contributed by atoms with Gasteiger partial charge in [0, 0.05) is 19.1 Å². The highest BCUT2D eigenvalue weighted by Gasteiger charge is 2.26. The molecule has 0 bridgehead atoms. The predicted molar refractivity (Wildman–Crippen MR) is 79.3 cm³/mol. The number of nitrogens with zero attached hydrogens (tertiary/aromatic N) is 1. The molecule has 112 valence electrons. The Morgan fingerprint density at radius 3 is 2.90 bits per heavy atom. The van der Waals surface area contributed by atoms with Crippen molar-refractivity contribution in [3.8, 4) is 5.75 Å². The molecular formula is C16H25FN2O. The highest BCUT2D eigenvalue weighted by atomic mass is 19.1. The molecule has 2 N–H and O–H groups in total. The summed E-state index contributed by atoms with van der Waals surface area (Å²) in [6.45, 7) is 5.33. The van der Waals surface area contributed by atoms with Crippen molar-refractivity contribution in [2.75, 3.05) is 26.2 Å². The molecule has 2 atom stereocenters. The molecule has 1 saturated heterocycles. The lowest BCUT2D eigenvalue weighted by Gasteiger charge is -2.38. The molecule has 0 saturated carbocycles. The van der Waals surface area contributed by atoms with Gasteiger partial charge in [-0.25, -0.2) is 4.39 Å². The van der Waals surface area contributed by atoms with Crippen LogP contribution in [0.1, 0.15) is 26.2 Å². The fourth-order valence-corrected chi connectivity index (χ4v) is 2.93. The molecule has 0 spiro atoms. The lowest BCUT2D eigenvalue weighted by atomic mass is 9.89. The molecular weight excluding hydrogens is 255 g/mol. The first kappa shape index (κ1) is 15.3. The van der Waals surface area contributed by atoms with Gasteiger partial charge in [-0.05, 0) is 37.4 Å². The number of para-hydroxylation sites is 1. The summed E-state index contributed by atoms with van der Waals surface area (Å²) in [5.41, 5.74) is 5.88. The predicted octanol–water partition coefficient (Wildman–Crippen LogP) is 2.65. The number of benzene rings is 1. The Kier molecular flexibility index (Phi) is 5.80. The summed E-state index contributed by atoms with van der Waals surface area (Å²) in [6, 6.07) is 6.98. The fourth-order valence-electron chi connectivity index (χ4n) is 2.93. The molecule has 1 aliphatic heterocycles. The Labute approximate surface area is 120 Å². The third kappa shape index (κ3) is 3.93. The van der Waals surface area contributed by atoms with Crippen LogP contribution >= 0.6 is 0 Å². The van der Waals surface area contributed by atoms with Gasteiger partial charge in [0.25, 0.3) is 0 Å². The summed E-state index contributed by atoms with van der Waals surface area (Å²) < 4.78 is 19.0. The van der Waals surface area contributed by atoms with Gasteiger partial charge in [-0.3, -0.25) is 4.90 Å². The summed E-state index contributed by atoms with van der Waals surface area (Å²) in [6.07, 6.45) is 3.63. The van der Waals surface area contributed by atoms with Crippen LogP contribution in [0.4, 0.5) is 4.39 Å². The third-order valence-electron chi connectivity index (χ3n) is 4.27. The number of nitrogens with two attached hydrogens (primary N) is 1. The summed E-state index contributed by atoms with van der Waals surface area (Å²) in [4.78, 5) is 2.38. The fraction of sp³-hybridized carbons (Fsp3) is 0.625. The normalized spacial score (nSPS) is 23.8. The summed E-state index contributed by atoms with van der Waals surface area (Å²) in [7, 11) is 0. The average molecular weight is 280 g/mol. The number of halogens is 1. The molecule has 4 heteroatoms. The SMILES string of the molecule is CCC1CCN(CCOc2ccccc2F)C(CN)C1. The van der Waals surface area contributed by atoms with Crippen LogP contribution in [-0.2, 0) is 0 Å². The smallest absolute Gasteiger partial charge is 0.165 e. The molecule has 1 aliphatic rings. The van der Waals surface area contributed by atoms with Crippen LogP contribution < -0.4 is 10.5 Å². The van der Waals surface area contributed by atoms with Crippen LogP contribution in [0.5, 0.6) is 5.75 Å². The van der Waals surface area contributed by atoms with Crippen LogP contribution in [0.15, 0.2) is 24.3 Å². The molecule has 1 heterocycles. The molecule has 0 radical (unpaired) electrons. The molecule has 2 rings (SSSR count). The second-order valence-electron chi connectivity index (χ2n) is 5.50. The van der Waals surface area contributed by atoms with Gasteiger partial charge >= 0.3 is 0 Å². The van der Waals surface area contributed by atoms with Crippen molar-refractivity contribution in [3.05, 3.63) is 30.1 Å². The summed E-state index contributed by atoms with van der Waals surface area (Å²) >= 11 is 0. The van der Waals surface area contributed by atoms with E-state index in [0.29, 0.717) is 24.9 Å². The minimum atomic E-state index is -0.299. The zero-order valence-electron chi connectivity index (χ0n) is 12.2. The zero-order valence-corrected chi connectivity index (χ0v) is 12.2. The Hall–Kier alpha value is -1.13. The van der Waals surface area contributed by atoms with Crippen LogP contribution in [-0.4, -0.2) is 37.2 Å². The Morgan fingerprint density at radius 2 is 2.20 bits per heavy atom. The second-order valence-corrected chi connectivity index (χ2v) is 5.50. The van der Waals surface area contributed by atoms with Crippen molar-refractivity contribution in [2.45, 2.75) is 32.2 Å². The van der Waals surface area contributed by atoms with E-state index in [2.05, 4.69) is 11.8 Å². The molecule has 1 aromatic carbocycles. The van der Waals surface area contributed by atoms with Crippen molar-refractivity contribution in [2.24, 2.45) is 11.7 Å². The van der Waals surface area contributed by atoms with E-state index in [1.807, 2.05) is 0 Å². The summed E-state index contributed by atoms with van der Waals surface area (Å²) in [5.74, 6) is 0.833. The highest BCUT2D eigenvalue weighted by molar-refractivity contribution is 5.23. The Morgan fingerprint density at radius 1 is 1.40 bits per heavy atom. The monoisotopic (exact) mass is 280 g/mol. The lowest BCUT2D eigenvalue weighted by Crippen LogP contribution is -2.48. The maximum Gasteiger partial charge on any atom is 0.165 e. The number of hydrogen-bond donors (Lipinski definition) is 1. The quantitative estimate of drug-likeness (QED) is 0.870. The number of ether oxygens (including phenoxy) is 1. The topological polar surface area (TPSA) is 38.5 Å². The van der Waals surface area contributed by atoms with Gasteiger partial charge in [0.1, 0.15) is 6.61 Å². The lowest BCUT2D eigenvalue weighted by molar-refractivity contribution is 0.0961. The van der Waals surface area contributed by atoms with E-state index >= 15 is 0 Å². The van der Waals surface area contributed by atoms with Crippen molar-refractivity contribution in [1.82, 2.24) is 4.90 Å². The third-order valence-corrected chi connectivity index (χ3v) is 4.27. The van der Waals surface area contributed by atoms with Crippen molar-refractivity contribution < 1.29 is 9.13 Å². The zero-order chi connectivity index (χ0) is 14.4. The van der Waals surface area contributed by atoms with Gasteiger partial charge < -0.3 is 10.5 Å². The molecule has 0 amide bonds. The maximum absolute atomic E-state index is 13.4. The van der Waals surface area contributed by atoms with E-state index < -0.39 is 0 Å². The van der Waals surface area contributed by atoms with E-state index in [1.54, 1.807) is 18.2 Å². The number of piperidine rings is 1. The number of hydrogen-bond acceptors (Lipinski definition) is 3. The maximum atomic E-state index is 13.4. The largest absolute Gasteiger partial charge is 0.489 e. The minimum Gasteiger partial charge on any atom is -0.489 e. The average Bonchev–Trinajstić information content (AvgIpc) is 2.49. The molecule has 1 fully saturated rings. The van der Waals surface area contributed by atoms with Crippen LogP contribution in [0.25, 0.3) is 0 Å². The van der Waals surface area contributed by atoms with Gasteiger partial charge in [0.05, 0.1) is 0 Å². The van der Waals surface area contributed by atoms with E-state index in [1.165, 1.54) is 25.3 Å². The summed E-state index contributed by atoms with van der Waals surface area (Å²) in [5, 5.41) is 0. The highest BCUT2D eigenvalue weighted by Crippen LogP contribution is 2.24. The van der Waals surface area contributed by atoms with Gasteiger partial charge in [-0.1, -0.05) is 25.5 Å². The van der Waals surface area contributed by atoms with Crippen molar-refractivity contribution >= 4 is 0 Å². The van der Waals surface area contributed by atoms with Gasteiger partial charge in [0.15, 0.2) is 11.6 Å². The number of rotatable bonds is 6. The van der Waals surface area contributed by atoms with E-state index in [-0.39, 0.29) is 5.82 Å². The van der Waals surface area contributed by atoms with Gasteiger partial charge in [0.2, 0.25) is 0 Å². The molecule has 2 unspecified atom stereocenters. The minimum absolute atomic E-state index is 0.299. The van der Waals surface area contributed by atoms with Crippen molar-refractivity contribution in [1.29, 1.82) is 0 Å². The molecule has 1 aromatic rings. The van der Waals surface area contributed by atoms with E-state index in [0.717, 1.165) is 19.0 Å². The standard InChI is InChI=1S/C16H25FN2O/c1-2-13-7-8-19(14(11-13)12-18)9-10-20-16-6-4-3-5-15(16)17/h3-6,13-14H,2,7-12,18H2,1H3. The number of likely N-dealkylation sites (tertiary alicyclic amines) is 1. The first-order chi connectivity index (χ1) is 9.74. The van der Waals surface area contributed by atoms with Gasteiger partial charge in [-0.2, -0.15) is 0 Å². The van der Waals surface area contributed by atoms with Crippen molar-refractivity contribution in [3.63, 3.8) is 0 Å². The molecule has 0 aromatic heterocycles. The van der Waals surface area contributed by atoms with Crippen LogP contribution in [0.3, 0.4) is 0 Å². The van der Waals surface area contributed by atoms with E-state index in [9.17, 15) is 4.39 Å². The molecule has 20 heavy (non-hydrogen) atoms. The molecule has 3 nitrogen and oxygen atoms in total. The van der Waals surface area contributed by atoms with Crippen LogP contribution in [0, 0.1) is 11.7 Å². The van der Waals surface area contributed by atoms with Crippen LogP contribution in [0.2, 0.25) is 0 Å². The first-order valence-corrected chi connectivity index (χ1v) is 7.56. The Bertz CT molecular complexity index is 413.